The maximum atomic E-state index is 12.5. The third-order valence-corrected chi connectivity index (χ3v) is 16.4. The molecule has 3 N–H and O–H groups in total. The Labute approximate surface area is 464 Å². The van der Waals surface area contributed by atoms with Crippen LogP contribution in [0.1, 0.15) is 399 Å². The van der Waals surface area contributed by atoms with Crippen LogP contribution in [0, 0.1) is 0 Å². The standard InChI is InChI=1S/C68H135NO5/c1-3-5-7-9-11-13-15-17-19-20-21-26-29-33-36-40-44-48-52-56-60-66(71)65(64-70)69-67(72)61-57-53-49-45-41-37-34-30-27-24-22-23-25-28-31-35-39-43-47-51-55-59-63-74-68(73)62-58-54-50-46-42-38-32-18-16-14-12-10-8-6-4-2/h65-66,70-71H,3-64H2,1-2H3,(H,69,72). The Morgan fingerprint density at radius 1 is 0.324 bits per heavy atom. The largest absolute Gasteiger partial charge is 0.466 e. The summed E-state index contributed by atoms with van der Waals surface area (Å²) in [6.07, 6.45) is 77.0. The normalized spacial score (nSPS) is 12.4. The Morgan fingerprint density at radius 2 is 0.554 bits per heavy atom. The van der Waals surface area contributed by atoms with E-state index in [1.165, 1.54) is 327 Å². The van der Waals surface area contributed by atoms with Gasteiger partial charge < -0.3 is 20.3 Å². The zero-order chi connectivity index (χ0) is 53.6. The molecular weight excluding hydrogens is 911 g/mol. The Morgan fingerprint density at radius 3 is 0.824 bits per heavy atom. The number of esters is 1. The van der Waals surface area contributed by atoms with Gasteiger partial charge in [-0.15, -0.1) is 0 Å². The van der Waals surface area contributed by atoms with Crippen LogP contribution in [0.2, 0.25) is 0 Å². The summed E-state index contributed by atoms with van der Waals surface area (Å²) in [7, 11) is 0. The summed E-state index contributed by atoms with van der Waals surface area (Å²) < 4.78 is 5.50. The lowest BCUT2D eigenvalue weighted by atomic mass is 10.0. The van der Waals surface area contributed by atoms with Crippen molar-refractivity contribution in [1.82, 2.24) is 5.32 Å². The van der Waals surface area contributed by atoms with Crippen LogP contribution in [0.3, 0.4) is 0 Å². The first-order valence-electron chi connectivity index (χ1n) is 34.3. The number of unbranched alkanes of at least 4 members (excludes halogenated alkanes) is 54. The van der Waals surface area contributed by atoms with Gasteiger partial charge in [0.25, 0.3) is 0 Å². The fourth-order valence-electron chi connectivity index (χ4n) is 11.2. The minimum Gasteiger partial charge on any atom is -0.466 e. The number of hydrogen-bond donors (Lipinski definition) is 3. The van der Waals surface area contributed by atoms with Gasteiger partial charge in [-0.05, 0) is 25.7 Å². The van der Waals surface area contributed by atoms with E-state index in [4.69, 9.17) is 4.74 Å². The summed E-state index contributed by atoms with van der Waals surface area (Å²) in [6, 6.07) is -0.541. The van der Waals surface area contributed by atoms with Crippen molar-refractivity contribution in [2.45, 2.75) is 411 Å². The predicted molar refractivity (Wildman–Crippen MR) is 324 cm³/mol. The SMILES string of the molecule is CCCCCCCCCCCCCCCCCCCCCCC(O)C(CO)NC(=O)CCCCCCCCCCCCCCCCCCCCCCCCOC(=O)CCCCCCCCCCCCCCCCC. The third-order valence-electron chi connectivity index (χ3n) is 16.4. The number of carbonyl (C=O) groups is 2. The number of hydrogen-bond acceptors (Lipinski definition) is 5. The lowest BCUT2D eigenvalue weighted by Gasteiger charge is -2.22. The fourth-order valence-corrected chi connectivity index (χ4v) is 11.2. The van der Waals surface area contributed by atoms with Gasteiger partial charge in [0.15, 0.2) is 0 Å². The second-order valence-electron chi connectivity index (χ2n) is 23.9. The van der Waals surface area contributed by atoms with Gasteiger partial charge >= 0.3 is 5.97 Å². The van der Waals surface area contributed by atoms with Crippen molar-refractivity contribution in [2.24, 2.45) is 0 Å². The van der Waals surface area contributed by atoms with Crippen molar-refractivity contribution in [3.05, 3.63) is 0 Å². The van der Waals surface area contributed by atoms with Crippen molar-refractivity contribution >= 4 is 11.9 Å². The number of amides is 1. The average Bonchev–Trinajstić information content (AvgIpc) is 3.40. The molecule has 0 heterocycles. The molecular formula is C68H135NO5. The Hall–Kier alpha value is -1.14. The monoisotopic (exact) mass is 1050 g/mol. The molecule has 0 aliphatic rings. The molecule has 2 unspecified atom stereocenters. The van der Waals surface area contributed by atoms with Crippen molar-refractivity contribution in [1.29, 1.82) is 0 Å². The van der Waals surface area contributed by atoms with E-state index in [9.17, 15) is 19.8 Å². The molecule has 0 saturated heterocycles. The molecule has 6 nitrogen and oxygen atoms in total. The maximum absolute atomic E-state index is 12.5. The first kappa shape index (κ1) is 72.9. The second kappa shape index (κ2) is 64.4. The number of aliphatic hydroxyl groups excluding tert-OH is 2. The summed E-state index contributed by atoms with van der Waals surface area (Å²) >= 11 is 0. The van der Waals surface area contributed by atoms with Crippen LogP contribution in [0.25, 0.3) is 0 Å². The van der Waals surface area contributed by atoms with E-state index in [2.05, 4.69) is 19.2 Å². The molecule has 0 aromatic heterocycles. The molecule has 0 radical (unpaired) electrons. The van der Waals surface area contributed by atoms with E-state index < -0.39 is 12.1 Å². The molecule has 0 bridgehead atoms. The van der Waals surface area contributed by atoms with Gasteiger partial charge in [0, 0.05) is 12.8 Å². The van der Waals surface area contributed by atoms with Crippen LogP contribution < -0.4 is 5.32 Å². The van der Waals surface area contributed by atoms with E-state index in [0.717, 1.165) is 38.5 Å². The minimum atomic E-state index is -0.664. The number of carbonyl (C=O) groups excluding carboxylic acids is 2. The summed E-state index contributed by atoms with van der Waals surface area (Å²) in [4.78, 5) is 24.6. The van der Waals surface area contributed by atoms with Gasteiger partial charge in [0.1, 0.15) is 0 Å². The van der Waals surface area contributed by atoms with E-state index in [1.807, 2.05) is 0 Å². The quantitative estimate of drug-likeness (QED) is 0.0417. The number of aliphatic hydroxyl groups is 2. The van der Waals surface area contributed by atoms with Crippen molar-refractivity contribution in [3.63, 3.8) is 0 Å². The molecule has 6 heteroatoms. The molecule has 1 amide bonds. The maximum Gasteiger partial charge on any atom is 0.305 e. The highest BCUT2D eigenvalue weighted by Gasteiger charge is 2.20. The van der Waals surface area contributed by atoms with Crippen molar-refractivity contribution in [3.8, 4) is 0 Å². The highest BCUT2D eigenvalue weighted by molar-refractivity contribution is 5.76. The third kappa shape index (κ3) is 60.1. The molecule has 0 aromatic carbocycles. The summed E-state index contributed by atoms with van der Waals surface area (Å²) in [6.45, 7) is 5.00. The molecule has 0 spiro atoms. The molecule has 0 rings (SSSR count). The lowest BCUT2D eigenvalue weighted by molar-refractivity contribution is -0.143. The number of nitrogens with one attached hydrogen (secondary N) is 1. The molecule has 74 heavy (non-hydrogen) atoms. The van der Waals surface area contributed by atoms with Gasteiger partial charge in [-0.25, -0.2) is 0 Å². The van der Waals surface area contributed by atoms with Gasteiger partial charge in [-0.2, -0.15) is 0 Å². The predicted octanol–water partition coefficient (Wildman–Crippen LogP) is 21.8. The van der Waals surface area contributed by atoms with Gasteiger partial charge in [-0.3, -0.25) is 9.59 Å². The molecule has 0 aliphatic carbocycles. The fraction of sp³-hybridized carbons (Fsp3) is 0.971. The molecule has 442 valence electrons. The van der Waals surface area contributed by atoms with Gasteiger partial charge in [0.2, 0.25) is 5.91 Å². The Bertz CT molecular complexity index is 1070. The molecule has 0 aromatic rings. The Balaban J connectivity index is 3.36. The molecule has 0 saturated carbocycles. The summed E-state index contributed by atoms with van der Waals surface area (Å²) in [5.41, 5.74) is 0. The molecule has 0 fully saturated rings. The van der Waals surface area contributed by atoms with Crippen molar-refractivity contribution in [2.75, 3.05) is 13.2 Å². The second-order valence-corrected chi connectivity index (χ2v) is 23.9. The Kier molecular flexibility index (Phi) is 63.4. The molecule has 2 atom stereocenters. The van der Waals surface area contributed by atoms with Crippen molar-refractivity contribution < 1.29 is 24.5 Å². The zero-order valence-electron chi connectivity index (χ0n) is 50.6. The van der Waals surface area contributed by atoms with Gasteiger partial charge in [0.05, 0.1) is 25.4 Å². The van der Waals surface area contributed by atoms with Crippen LogP contribution in [-0.2, 0) is 14.3 Å². The summed E-state index contributed by atoms with van der Waals surface area (Å²) in [5.74, 6) is -0.0124. The van der Waals surface area contributed by atoms with E-state index in [-0.39, 0.29) is 18.5 Å². The van der Waals surface area contributed by atoms with E-state index >= 15 is 0 Å². The first-order chi connectivity index (χ1) is 36.5. The van der Waals surface area contributed by atoms with Crippen LogP contribution in [0.5, 0.6) is 0 Å². The topological polar surface area (TPSA) is 95.9 Å². The smallest absolute Gasteiger partial charge is 0.305 e. The van der Waals surface area contributed by atoms with Crippen LogP contribution in [0.4, 0.5) is 0 Å². The first-order valence-corrected chi connectivity index (χ1v) is 34.3. The highest BCUT2D eigenvalue weighted by Crippen LogP contribution is 2.19. The minimum absolute atomic E-state index is 0.0176. The van der Waals surface area contributed by atoms with Crippen LogP contribution in [0.15, 0.2) is 0 Å². The van der Waals surface area contributed by atoms with Crippen LogP contribution in [-0.4, -0.2) is 47.4 Å². The lowest BCUT2D eigenvalue weighted by Crippen LogP contribution is -2.45. The summed E-state index contributed by atoms with van der Waals surface area (Å²) in [5, 5.41) is 23.4. The number of ether oxygens (including phenoxy) is 1. The average molecular weight is 1050 g/mol. The molecule has 0 aliphatic heterocycles. The van der Waals surface area contributed by atoms with Gasteiger partial charge in [-0.1, -0.05) is 361 Å². The highest BCUT2D eigenvalue weighted by atomic mass is 16.5. The van der Waals surface area contributed by atoms with Crippen LogP contribution >= 0.6 is 0 Å². The van der Waals surface area contributed by atoms with E-state index in [0.29, 0.717) is 25.9 Å². The zero-order valence-corrected chi connectivity index (χ0v) is 50.6. The number of rotatable bonds is 65. The van der Waals surface area contributed by atoms with E-state index in [1.54, 1.807) is 0 Å².